The third-order valence-corrected chi connectivity index (χ3v) is 2.87. The van der Waals surface area contributed by atoms with Crippen LogP contribution in [0.4, 0.5) is 10.1 Å². The Morgan fingerprint density at radius 1 is 1.40 bits per heavy atom. The van der Waals surface area contributed by atoms with Gasteiger partial charge in [0, 0.05) is 13.6 Å². The van der Waals surface area contributed by atoms with Crippen LogP contribution in [-0.4, -0.2) is 23.1 Å². The van der Waals surface area contributed by atoms with Crippen LogP contribution in [0.1, 0.15) is 11.3 Å². The number of pyridine rings is 1. The molecule has 0 atom stereocenters. The Kier molecular flexibility index (Phi) is 4.14. The molecule has 5 nitrogen and oxygen atoms in total. The predicted octanol–water partition coefficient (Wildman–Crippen LogP) is 1.95. The zero-order valence-corrected chi connectivity index (χ0v) is 11.0. The number of nitrogens with two attached hydrogens (primary N) is 1. The van der Waals surface area contributed by atoms with Gasteiger partial charge in [-0.2, -0.15) is 0 Å². The van der Waals surface area contributed by atoms with E-state index in [1.165, 1.54) is 12.1 Å². The molecule has 0 saturated heterocycles. The SMILES string of the molecule is CN(Cc1cccc(F)c1)c1ccc(/C(N)=N/O)nc1. The molecule has 0 amide bonds. The van der Waals surface area contributed by atoms with Crippen molar-refractivity contribution in [1.29, 1.82) is 0 Å². The van der Waals surface area contributed by atoms with Gasteiger partial charge in [-0.15, -0.1) is 0 Å². The second kappa shape index (κ2) is 6.01. The van der Waals surface area contributed by atoms with E-state index in [2.05, 4.69) is 10.1 Å². The lowest BCUT2D eigenvalue weighted by Crippen LogP contribution is -2.18. The number of amidine groups is 1. The number of nitrogens with zero attached hydrogens (tertiary/aromatic N) is 3. The van der Waals surface area contributed by atoms with Crippen LogP contribution in [-0.2, 0) is 6.54 Å². The number of hydrogen-bond donors (Lipinski definition) is 2. The molecule has 1 aromatic heterocycles. The number of aromatic nitrogens is 1. The van der Waals surface area contributed by atoms with Gasteiger partial charge in [-0.1, -0.05) is 17.3 Å². The molecule has 104 valence electrons. The number of anilines is 1. The second-order valence-electron chi connectivity index (χ2n) is 4.37. The highest BCUT2D eigenvalue weighted by atomic mass is 19.1. The molecular formula is C14H15FN4O. The summed E-state index contributed by atoms with van der Waals surface area (Å²) in [7, 11) is 1.88. The minimum atomic E-state index is -0.253. The molecule has 0 spiro atoms. The van der Waals surface area contributed by atoms with Crippen molar-refractivity contribution in [3.05, 3.63) is 59.7 Å². The molecule has 2 rings (SSSR count). The molecule has 2 aromatic rings. The molecule has 20 heavy (non-hydrogen) atoms. The first kappa shape index (κ1) is 13.8. The highest BCUT2D eigenvalue weighted by molar-refractivity contribution is 5.95. The lowest BCUT2D eigenvalue weighted by atomic mass is 10.2. The van der Waals surface area contributed by atoms with Crippen LogP contribution >= 0.6 is 0 Å². The van der Waals surface area contributed by atoms with Gasteiger partial charge in [-0.05, 0) is 29.8 Å². The van der Waals surface area contributed by atoms with Crippen molar-refractivity contribution in [2.24, 2.45) is 10.9 Å². The topological polar surface area (TPSA) is 74.7 Å². The summed E-state index contributed by atoms with van der Waals surface area (Å²) in [6.45, 7) is 0.558. The van der Waals surface area contributed by atoms with Gasteiger partial charge in [0.15, 0.2) is 5.84 Å². The Bertz CT molecular complexity index is 613. The fourth-order valence-corrected chi connectivity index (χ4v) is 1.82. The number of hydrogen-bond acceptors (Lipinski definition) is 4. The van der Waals surface area contributed by atoms with E-state index in [1.807, 2.05) is 18.0 Å². The van der Waals surface area contributed by atoms with Crippen molar-refractivity contribution in [3.8, 4) is 0 Å². The molecule has 3 N–H and O–H groups in total. The van der Waals surface area contributed by atoms with Crippen LogP contribution in [0.25, 0.3) is 0 Å². The van der Waals surface area contributed by atoms with Crippen LogP contribution in [0.15, 0.2) is 47.8 Å². The summed E-state index contributed by atoms with van der Waals surface area (Å²) < 4.78 is 13.1. The molecule has 0 unspecified atom stereocenters. The molecule has 0 fully saturated rings. The first-order chi connectivity index (χ1) is 9.60. The highest BCUT2D eigenvalue weighted by Crippen LogP contribution is 2.15. The molecule has 6 heteroatoms. The fraction of sp³-hybridized carbons (Fsp3) is 0.143. The molecule has 0 aliphatic rings. The Labute approximate surface area is 116 Å². The van der Waals surface area contributed by atoms with Gasteiger partial charge >= 0.3 is 0 Å². The van der Waals surface area contributed by atoms with Crippen molar-refractivity contribution in [1.82, 2.24) is 4.98 Å². The minimum Gasteiger partial charge on any atom is -0.409 e. The second-order valence-corrected chi connectivity index (χ2v) is 4.37. The van der Waals surface area contributed by atoms with E-state index in [4.69, 9.17) is 10.9 Å². The summed E-state index contributed by atoms with van der Waals surface area (Å²) in [4.78, 5) is 6.03. The smallest absolute Gasteiger partial charge is 0.188 e. The van der Waals surface area contributed by atoms with Crippen LogP contribution < -0.4 is 10.6 Å². The van der Waals surface area contributed by atoms with Crippen molar-refractivity contribution >= 4 is 11.5 Å². The molecule has 0 bridgehead atoms. The number of halogens is 1. The first-order valence-corrected chi connectivity index (χ1v) is 5.99. The monoisotopic (exact) mass is 274 g/mol. The van der Waals surface area contributed by atoms with E-state index in [0.29, 0.717) is 12.2 Å². The standard InChI is InChI=1S/C14H15FN4O/c1-19(9-10-3-2-4-11(15)7-10)12-5-6-13(17-8-12)14(16)18-20/h2-8,20H,9H2,1H3,(H2,16,18). The summed E-state index contributed by atoms with van der Waals surface area (Å²) in [5, 5.41) is 11.5. The Morgan fingerprint density at radius 2 is 2.20 bits per heavy atom. The zero-order chi connectivity index (χ0) is 14.5. The number of oxime groups is 1. The predicted molar refractivity (Wildman–Crippen MR) is 75.3 cm³/mol. The van der Waals surface area contributed by atoms with Crippen molar-refractivity contribution in [2.75, 3.05) is 11.9 Å². The maximum atomic E-state index is 13.1. The molecule has 1 aromatic carbocycles. The van der Waals surface area contributed by atoms with Gasteiger partial charge in [0.05, 0.1) is 11.9 Å². The van der Waals surface area contributed by atoms with Gasteiger partial charge < -0.3 is 15.8 Å². The Hall–Kier alpha value is -2.63. The minimum absolute atomic E-state index is 0.0377. The normalized spacial score (nSPS) is 11.4. The molecule has 0 aliphatic heterocycles. The molecular weight excluding hydrogens is 259 g/mol. The zero-order valence-electron chi connectivity index (χ0n) is 11.0. The average molecular weight is 274 g/mol. The van der Waals surface area contributed by atoms with Gasteiger partial charge in [0.1, 0.15) is 11.5 Å². The summed E-state index contributed by atoms with van der Waals surface area (Å²) >= 11 is 0. The molecule has 0 radical (unpaired) electrons. The number of rotatable bonds is 4. The molecule has 1 heterocycles. The van der Waals surface area contributed by atoms with E-state index in [-0.39, 0.29) is 11.7 Å². The summed E-state index contributed by atoms with van der Waals surface area (Å²) in [6.07, 6.45) is 1.62. The van der Waals surface area contributed by atoms with E-state index < -0.39 is 0 Å². The summed E-state index contributed by atoms with van der Waals surface area (Å²) in [6, 6.07) is 9.91. The average Bonchev–Trinajstić information content (AvgIpc) is 2.46. The molecule has 0 saturated carbocycles. The third kappa shape index (κ3) is 3.23. The summed E-state index contributed by atoms with van der Waals surface area (Å²) in [5.74, 6) is -0.291. The largest absolute Gasteiger partial charge is 0.409 e. The van der Waals surface area contributed by atoms with Gasteiger partial charge in [0.25, 0.3) is 0 Å². The van der Waals surface area contributed by atoms with E-state index in [1.54, 1.807) is 24.4 Å². The van der Waals surface area contributed by atoms with Crippen molar-refractivity contribution in [2.45, 2.75) is 6.54 Å². The fourth-order valence-electron chi connectivity index (χ4n) is 1.82. The molecule has 0 aliphatic carbocycles. The van der Waals surface area contributed by atoms with Gasteiger partial charge in [-0.3, -0.25) is 4.98 Å². The lowest BCUT2D eigenvalue weighted by Gasteiger charge is -2.19. The van der Waals surface area contributed by atoms with E-state index >= 15 is 0 Å². The Balaban J connectivity index is 2.11. The third-order valence-electron chi connectivity index (χ3n) is 2.87. The first-order valence-electron chi connectivity index (χ1n) is 5.99. The van der Waals surface area contributed by atoms with E-state index in [0.717, 1.165) is 11.3 Å². The van der Waals surface area contributed by atoms with Crippen molar-refractivity contribution in [3.63, 3.8) is 0 Å². The number of benzene rings is 1. The van der Waals surface area contributed by atoms with Crippen LogP contribution in [0.3, 0.4) is 0 Å². The van der Waals surface area contributed by atoms with Gasteiger partial charge in [0.2, 0.25) is 0 Å². The maximum absolute atomic E-state index is 13.1. The Morgan fingerprint density at radius 3 is 2.80 bits per heavy atom. The van der Waals surface area contributed by atoms with Crippen LogP contribution in [0, 0.1) is 5.82 Å². The highest BCUT2D eigenvalue weighted by Gasteiger charge is 2.05. The van der Waals surface area contributed by atoms with Crippen molar-refractivity contribution < 1.29 is 9.60 Å². The van der Waals surface area contributed by atoms with Crippen LogP contribution in [0.2, 0.25) is 0 Å². The van der Waals surface area contributed by atoms with Gasteiger partial charge in [-0.25, -0.2) is 4.39 Å². The van der Waals surface area contributed by atoms with Crippen LogP contribution in [0.5, 0.6) is 0 Å². The maximum Gasteiger partial charge on any atom is 0.188 e. The van der Waals surface area contributed by atoms with E-state index in [9.17, 15) is 4.39 Å². The summed E-state index contributed by atoms with van der Waals surface area (Å²) in [5.41, 5.74) is 7.56. The lowest BCUT2D eigenvalue weighted by molar-refractivity contribution is 0.318. The quantitative estimate of drug-likeness (QED) is 0.387.